The molecule has 1 aliphatic heterocycles. The number of aliphatic hydroxyl groups excluding tert-OH is 1. The third kappa shape index (κ3) is 1.19. The van der Waals surface area contributed by atoms with Crippen molar-refractivity contribution in [2.24, 2.45) is 0 Å². The van der Waals surface area contributed by atoms with E-state index in [0.29, 0.717) is 0 Å². The van der Waals surface area contributed by atoms with E-state index >= 15 is 0 Å². The molecule has 2 heterocycles. The minimum Gasteiger partial charge on any atom is -0.374 e. The standard InChI is InChI=1S/C8H10N2O/c11-7-4-3-6-2-1-5-9-8(6)10-7/h1-2,5,7,11H,3-4H2,(H,9,10). The summed E-state index contributed by atoms with van der Waals surface area (Å²) >= 11 is 0. The Labute approximate surface area is 65.1 Å². The van der Waals surface area contributed by atoms with E-state index in [-0.39, 0.29) is 0 Å². The van der Waals surface area contributed by atoms with Gasteiger partial charge in [-0.25, -0.2) is 4.98 Å². The van der Waals surface area contributed by atoms with Crippen LogP contribution in [0.4, 0.5) is 5.82 Å². The van der Waals surface area contributed by atoms with Crippen LogP contribution in [-0.4, -0.2) is 16.3 Å². The van der Waals surface area contributed by atoms with Gasteiger partial charge in [0.25, 0.3) is 0 Å². The molecule has 1 aliphatic rings. The molecule has 0 spiro atoms. The lowest BCUT2D eigenvalue weighted by atomic mass is 10.1. The maximum Gasteiger partial charge on any atom is 0.131 e. The number of nitrogens with one attached hydrogen (secondary N) is 1. The van der Waals surface area contributed by atoms with Gasteiger partial charge in [-0.2, -0.15) is 0 Å². The molecule has 3 nitrogen and oxygen atoms in total. The summed E-state index contributed by atoms with van der Waals surface area (Å²) in [6, 6.07) is 3.94. The summed E-state index contributed by atoms with van der Waals surface area (Å²) in [5.41, 5.74) is 1.19. The number of nitrogens with zero attached hydrogens (tertiary/aromatic N) is 1. The van der Waals surface area contributed by atoms with Gasteiger partial charge in [-0.15, -0.1) is 0 Å². The lowest BCUT2D eigenvalue weighted by Crippen LogP contribution is -2.25. The van der Waals surface area contributed by atoms with Gasteiger partial charge in [0.05, 0.1) is 0 Å². The summed E-state index contributed by atoms with van der Waals surface area (Å²) < 4.78 is 0. The molecule has 1 aromatic heterocycles. The molecule has 2 rings (SSSR count). The highest BCUT2D eigenvalue weighted by Crippen LogP contribution is 2.20. The zero-order valence-corrected chi connectivity index (χ0v) is 6.12. The van der Waals surface area contributed by atoms with Gasteiger partial charge in [-0.05, 0) is 24.5 Å². The molecular formula is C8H10N2O. The second kappa shape index (κ2) is 2.51. The number of hydrogen-bond donors (Lipinski definition) is 2. The van der Waals surface area contributed by atoms with Crippen molar-refractivity contribution < 1.29 is 5.11 Å². The number of anilines is 1. The number of rotatable bonds is 0. The van der Waals surface area contributed by atoms with E-state index in [1.54, 1.807) is 6.20 Å². The van der Waals surface area contributed by atoms with Crippen molar-refractivity contribution in [2.45, 2.75) is 19.1 Å². The van der Waals surface area contributed by atoms with Crippen LogP contribution in [0.1, 0.15) is 12.0 Å². The van der Waals surface area contributed by atoms with Gasteiger partial charge in [0.1, 0.15) is 12.0 Å². The average Bonchev–Trinajstić information content (AvgIpc) is 2.04. The first-order chi connectivity index (χ1) is 5.36. The van der Waals surface area contributed by atoms with Crippen LogP contribution < -0.4 is 5.32 Å². The first kappa shape index (κ1) is 6.61. The largest absolute Gasteiger partial charge is 0.374 e. The van der Waals surface area contributed by atoms with Gasteiger partial charge < -0.3 is 10.4 Å². The van der Waals surface area contributed by atoms with E-state index in [9.17, 15) is 5.11 Å². The van der Waals surface area contributed by atoms with Crippen LogP contribution in [-0.2, 0) is 6.42 Å². The lowest BCUT2D eigenvalue weighted by molar-refractivity contribution is 0.188. The normalized spacial score (nSPS) is 22.1. The average molecular weight is 150 g/mol. The van der Waals surface area contributed by atoms with E-state index in [1.807, 2.05) is 12.1 Å². The van der Waals surface area contributed by atoms with Crippen LogP contribution in [0.2, 0.25) is 0 Å². The quantitative estimate of drug-likeness (QED) is 0.574. The summed E-state index contributed by atoms with van der Waals surface area (Å²) in [5, 5.41) is 12.1. The second-order valence-electron chi connectivity index (χ2n) is 2.71. The Morgan fingerprint density at radius 3 is 3.45 bits per heavy atom. The number of aromatic nitrogens is 1. The van der Waals surface area contributed by atoms with Crippen molar-refractivity contribution in [3.05, 3.63) is 23.9 Å². The predicted octanol–water partition coefficient (Wildman–Crippen LogP) is 0.758. The monoisotopic (exact) mass is 150 g/mol. The third-order valence-electron chi connectivity index (χ3n) is 1.88. The van der Waals surface area contributed by atoms with Crippen molar-refractivity contribution >= 4 is 5.82 Å². The fourth-order valence-corrected chi connectivity index (χ4v) is 1.29. The molecule has 0 amide bonds. The van der Waals surface area contributed by atoms with Gasteiger partial charge in [0.2, 0.25) is 0 Å². The summed E-state index contributed by atoms with van der Waals surface area (Å²) in [6.07, 6.45) is 3.00. The van der Waals surface area contributed by atoms with E-state index in [1.165, 1.54) is 5.56 Å². The molecule has 11 heavy (non-hydrogen) atoms. The van der Waals surface area contributed by atoms with Gasteiger partial charge in [0.15, 0.2) is 0 Å². The van der Waals surface area contributed by atoms with Crippen LogP contribution >= 0.6 is 0 Å². The van der Waals surface area contributed by atoms with Crippen LogP contribution in [0.3, 0.4) is 0 Å². The van der Waals surface area contributed by atoms with Gasteiger partial charge in [0, 0.05) is 6.20 Å². The number of fused-ring (bicyclic) bond motifs is 1. The van der Waals surface area contributed by atoms with Crippen molar-refractivity contribution in [3.63, 3.8) is 0 Å². The Morgan fingerprint density at radius 2 is 2.55 bits per heavy atom. The van der Waals surface area contributed by atoms with E-state index in [4.69, 9.17) is 0 Å². The molecule has 1 unspecified atom stereocenters. The SMILES string of the molecule is OC1CCc2cccnc2N1. The van der Waals surface area contributed by atoms with Crippen molar-refractivity contribution in [1.29, 1.82) is 0 Å². The highest BCUT2D eigenvalue weighted by Gasteiger charge is 2.14. The van der Waals surface area contributed by atoms with E-state index < -0.39 is 6.23 Å². The Kier molecular flexibility index (Phi) is 1.51. The molecule has 3 heteroatoms. The summed E-state index contributed by atoms with van der Waals surface area (Å²) in [4.78, 5) is 4.10. The number of hydrogen-bond acceptors (Lipinski definition) is 3. The highest BCUT2D eigenvalue weighted by molar-refractivity contribution is 5.46. The Hall–Kier alpha value is -1.09. The summed E-state index contributed by atoms with van der Waals surface area (Å²) in [7, 11) is 0. The molecule has 0 radical (unpaired) electrons. The van der Waals surface area contributed by atoms with E-state index in [2.05, 4.69) is 10.3 Å². The molecule has 0 aromatic carbocycles. The molecular weight excluding hydrogens is 140 g/mol. The first-order valence-corrected chi connectivity index (χ1v) is 3.75. The Balaban J connectivity index is 2.34. The minimum atomic E-state index is -0.419. The maximum atomic E-state index is 9.20. The highest BCUT2D eigenvalue weighted by atomic mass is 16.3. The molecule has 0 saturated heterocycles. The number of pyridine rings is 1. The molecule has 0 saturated carbocycles. The van der Waals surface area contributed by atoms with Gasteiger partial charge >= 0.3 is 0 Å². The van der Waals surface area contributed by atoms with Crippen LogP contribution in [0, 0.1) is 0 Å². The molecule has 1 aromatic rings. The third-order valence-corrected chi connectivity index (χ3v) is 1.88. The molecule has 1 atom stereocenters. The maximum absolute atomic E-state index is 9.20. The van der Waals surface area contributed by atoms with Gasteiger partial charge in [-0.3, -0.25) is 0 Å². The zero-order valence-electron chi connectivity index (χ0n) is 6.12. The Morgan fingerprint density at radius 1 is 1.64 bits per heavy atom. The fourth-order valence-electron chi connectivity index (χ4n) is 1.29. The van der Waals surface area contributed by atoms with Gasteiger partial charge in [-0.1, -0.05) is 6.07 Å². The van der Waals surface area contributed by atoms with Crippen LogP contribution in [0.15, 0.2) is 18.3 Å². The number of aryl methyl sites for hydroxylation is 1. The van der Waals surface area contributed by atoms with E-state index in [0.717, 1.165) is 18.7 Å². The Bertz CT molecular complexity index is 262. The summed E-state index contributed by atoms with van der Waals surface area (Å²) in [5.74, 6) is 0.825. The molecule has 0 aliphatic carbocycles. The van der Waals surface area contributed by atoms with Crippen LogP contribution in [0.5, 0.6) is 0 Å². The first-order valence-electron chi connectivity index (χ1n) is 3.75. The molecule has 0 fully saturated rings. The predicted molar refractivity (Wildman–Crippen MR) is 42.2 cm³/mol. The smallest absolute Gasteiger partial charge is 0.131 e. The van der Waals surface area contributed by atoms with Crippen molar-refractivity contribution in [2.75, 3.05) is 5.32 Å². The topological polar surface area (TPSA) is 45.2 Å². The fraction of sp³-hybridized carbons (Fsp3) is 0.375. The van der Waals surface area contributed by atoms with Crippen molar-refractivity contribution in [3.8, 4) is 0 Å². The summed E-state index contributed by atoms with van der Waals surface area (Å²) in [6.45, 7) is 0. The second-order valence-corrected chi connectivity index (χ2v) is 2.71. The van der Waals surface area contributed by atoms with Crippen LogP contribution in [0.25, 0.3) is 0 Å². The molecule has 2 N–H and O–H groups in total. The molecule has 58 valence electrons. The van der Waals surface area contributed by atoms with Crippen molar-refractivity contribution in [1.82, 2.24) is 4.98 Å². The molecule has 0 bridgehead atoms. The number of aliphatic hydroxyl groups is 1. The lowest BCUT2D eigenvalue weighted by Gasteiger charge is -2.21. The minimum absolute atomic E-state index is 0.419. The zero-order chi connectivity index (χ0) is 7.68.